The fourth-order valence-electron chi connectivity index (χ4n) is 3.92. The van der Waals surface area contributed by atoms with Crippen molar-refractivity contribution < 1.29 is 4.79 Å². The molecule has 2 aromatic heterocycles. The Kier molecular flexibility index (Phi) is 5.97. The number of carbonyl (C=O) groups excluding carboxylic acids is 1. The molecule has 2 heterocycles. The van der Waals surface area contributed by atoms with Gasteiger partial charge < -0.3 is 10.3 Å². The van der Waals surface area contributed by atoms with E-state index in [0.717, 1.165) is 33.7 Å². The molecular formula is C27H25N5O. The number of imidazole rings is 1. The minimum Gasteiger partial charge on any atom is -0.352 e. The molecule has 5 rings (SSSR count). The highest BCUT2D eigenvalue weighted by Crippen LogP contribution is 2.22. The van der Waals surface area contributed by atoms with Crippen LogP contribution in [0.25, 0.3) is 22.3 Å². The Bertz CT molecular complexity index is 1320. The van der Waals surface area contributed by atoms with Crippen LogP contribution in [0.4, 0.5) is 0 Å². The molecule has 0 spiro atoms. The van der Waals surface area contributed by atoms with Crippen molar-refractivity contribution in [1.82, 2.24) is 25.1 Å². The van der Waals surface area contributed by atoms with Gasteiger partial charge in [-0.1, -0.05) is 72.8 Å². The Morgan fingerprint density at radius 2 is 1.64 bits per heavy atom. The highest BCUT2D eigenvalue weighted by atomic mass is 16.1. The number of carbonyl (C=O) groups is 1. The summed E-state index contributed by atoms with van der Waals surface area (Å²) in [5.74, 6) is 0.817. The number of amides is 1. The van der Waals surface area contributed by atoms with Crippen molar-refractivity contribution in [2.45, 2.75) is 25.9 Å². The Hall–Kier alpha value is -4.19. The number of hydrogen-bond donors (Lipinski definition) is 2. The van der Waals surface area contributed by atoms with Gasteiger partial charge in [-0.3, -0.25) is 9.48 Å². The molecule has 0 unspecified atom stereocenters. The molecule has 164 valence electrons. The average Bonchev–Trinajstić information content (AvgIpc) is 3.46. The lowest BCUT2D eigenvalue weighted by atomic mass is 10.1. The zero-order valence-corrected chi connectivity index (χ0v) is 18.2. The van der Waals surface area contributed by atoms with Gasteiger partial charge in [0.15, 0.2) is 0 Å². The molecule has 0 atom stereocenters. The van der Waals surface area contributed by atoms with Crippen LogP contribution in [0.3, 0.4) is 0 Å². The van der Waals surface area contributed by atoms with Crippen LogP contribution < -0.4 is 5.32 Å². The van der Waals surface area contributed by atoms with Crippen molar-refractivity contribution in [1.29, 1.82) is 0 Å². The summed E-state index contributed by atoms with van der Waals surface area (Å²) < 4.78 is 1.94. The number of nitrogens with zero attached hydrogens (tertiary/aromatic N) is 3. The normalized spacial score (nSPS) is 11.0. The number of fused-ring (bicyclic) bond motifs is 1. The molecule has 0 fully saturated rings. The quantitative estimate of drug-likeness (QED) is 0.370. The summed E-state index contributed by atoms with van der Waals surface area (Å²) in [7, 11) is 0. The first-order valence-corrected chi connectivity index (χ1v) is 11.1. The maximum Gasteiger partial charge on any atom is 0.220 e. The minimum absolute atomic E-state index is 0.00900. The fraction of sp³-hybridized carbons (Fsp3) is 0.148. The Balaban J connectivity index is 1.26. The number of hydrogen-bond acceptors (Lipinski definition) is 3. The van der Waals surface area contributed by atoms with Crippen LogP contribution in [-0.4, -0.2) is 25.7 Å². The van der Waals surface area contributed by atoms with Crippen LogP contribution in [0, 0.1) is 0 Å². The molecule has 0 radical (unpaired) electrons. The molecule has 6 nitrogen and oxygen atoms in total. The second-order valence-corrected chi connectivity index (χ2v) is 8.03. The molecule has 5 aromatic rings. The van der Waals surface area contributed by atoms with E-state index in [2.05, 4.69) is 27.4 Å². The van der Waals surface area contributed by atoms with Crippen LogP contribution in [0.1, 0.15) is 23.4 Å². The first-order valence-electron chi connectivity index (χ1n) is 11.1. The first kappa shape index (κ1) is 20.7. The highest BCUT2D eigenvalue weighted by Gasteiger charge is 2.13. The third kappa shape index (κ3) is 5.01. The van der Waals surface area contributed by atoms with E-state index in [-0.39, 0.29) is 5.91 Å². The maximum absolute atomic E-state index is 12.6. The summed E-state index contributed by atoms with van der Waals surface area (Å²) in [6.07, 6.45) is 2.97. The number of para-hydroxylation sites is 2. The summed E-state index contributed by atoms with van der Waals surface area (Å²) in [5, 5.41) is 7.88. The average molecular weight is 436 g/mol. The maximum atomic E-state index is 12.6. The summed E-state index contributed by atoms with van der Waals surface area (Å²) >= 11 is 0. The number of rotatable bonds is 8. The third-order valence-electron chi connectivity index (χ3n) is 5.58. The minimum atomic E-state index is -0.00900. The number of aromatic amines is 1. The molecule has 33 heavy (non-hydrogen) atoms. The second kappa shape index (κ2) is 9.53. The van der Waals surface area contributed by atoms with Crippen molar-refractivity contribution in [2.75, 3.05) is 0 Å². The van der Waals surface area contributed by atoms with Gasteiger partial charge in [0.2, 0.25) is 5.91 Å². The van der Waals surface area contributed by atoms with Crippen molar-refractivity contribution in [3.63, 3.8) is 0 Å². The molecule has 0 saturated heterocycles. The van der Waals surface area contributed by atoms with Crippen molar-refractivity contribution in [3.05, 3.63) is 108 Å². The van der Waals surface area contributed by atoms with Crippen LogP contribution in [0.15, 0.2) is 91.1 Å². The van der Waals surface area contributed by atoms with Gasteiger partial charge in [-0.2, -0.15) is 5.10 Å². The number of H-pyrrole nitrogens is 1. The van der Waals surface area contributed by atoms with Gasteiger partial charge >= 0.3 is 0 Å². The summed E-state index contributed by atoms with van der Waals surface area (Å²) in [6.45, 7) is 1.11. The van der Waals surface area contributed by atoms with Gasteiger partial charge in [0.05, 0.1) is 23.3 Å². The third-order valence-corrected chi connectivity index (χ3v) is 5.58. The molecule has 1 amide bonds. The SMILES string of the molecule is O=C(CCc1nc2ccccc2[nH]1)NCc1cn(Cc2ccccc2)nc1-c1ccccc1. The zero-order valence-electron chi connectivity index (χ0n) is 18.2. The van der Waals surface area contributed by atoms with Gasteiger partial charge in [0, 0.05) is 36.7 Å². The molecular weight excluding hydrogens is 410 g/mol. The Morgan fingerprint density at radius 1 is 0.909 bits per heavy atom. The number of benzene rings is 3. The van der Waals surface area contributed by atoms with Crippen molar-refractivity contribution in [3.8, 4) is 11.3 Å². The summed E-state index contributed by atoms with van der Waals surface area (Å²) in [5.41, 5.74) is 6.02. The Morgan fingerprint density at radius 3 is 2.42 bits per heavy atom. The van der Waals surface area contributed by atoms with E-state index >= 15 is 0 Å². The largest absolute Gasteiger partial charge is 0.352 e. The molecule has 3 aromatic carbocycles. The van der Waals surface area contributed by atoms with Gasteiger partial charge in [-0.15, -0.1) is 0 Å². The fourth-order valence-corrected chi connectivity index (χ4v) is 3.92. The van der Waals surface area contributed by atoms with E-state index in [1.807, 2.05) is 83.7 Å². The zero-order chi connectivity index (χ0) is 22.5. The Labute approximate surface area is 192 Å². The van der Waals surface area contributed by atoms with E-state index in [4.69, 9.17) is 5.10 Å². The number of nitrogens with one attached hydrogen (secondary N) is 2. The van der Waals surface area contributed by atoms with E-state index in [1.165, 1.54) is 5.56 Å². The highest BCUT2D eigenvalue weighted by molar-refractivity contribution is 5.77. The van der Waals surface area contributed by atoms with Crippen LogP contribution in [-0.2, 0) is 24.3 Å². The molecule has 0 aliphatic heterocycles. The van der Waals surface area contributed by atoms with Gasteiger partial charge in [0.1, 0.15) is 5.82 Å². The molecule has 0 aliphatic rings. The van der Waals surface area contributed by atoms with Gasteiger partial charge in [-0.25, -0.2) is 4.98 Å². The van der Waals surface area contributed by atoms with E-state index in [9.17, 15) is 4.79 Å². The summed E-state index contributed by atoms with van der Waals surface area (Å²) in [6, 6.07) is 28.2. The van der Waals surface area contributed by atoms with Crippen molar-refractivity contribution >= 4 is 16.9 Å². The first-order chi connectivity index (χ1) is 16.2. The molecule has 0 saturated carbocycles. The van der Waals surface area contributed by atoms with E-state index in [0.29, 0.717) is 25.9 Å². The molecule has 6 heteroatoms. The lowest BCUT2D eigenvalue weighted by Gasteiger charge is -2.05. The van der Waals surface area contributed by atoms with Crippen LogP contribution >= 0.6 is 0 Å². The molecule has 0 bridgehead atoms. The number of aryl methyl sites for hydroxylation is 1. The van der Waals surface area contributed by atoms with Crippen molar-refractivity contribution in [2.24, 2.45) is 0 Å². The monoisotopic (exact) mass is 435 g/mol. The van der Waals surface area contributed by atoms with Crippen LogP contribution in [0.5, 0.6) is 0 Å². The van der Waals surface area contributed by atoms with Gasteiger partial charge in [-0.05, 0) is 17.7 Å². The predicted molar refractivity (Wildman–Crippen MR) is 129 cm³/mol. The smallest absolute Gasteiger partial charge is 0.220 e. The lowest BCUT2D eigenvalue weighted by molar-refractivity contribution is -0.121. The molecule has 0 aliphatic carbocycles. The topological polar surface area (TPSA) is 75.6 Å². The van der Waals surface area contributed by atoms with E-state index < -0.39 is 0 Å². The predicted octanol–water partition coefficient (Wildman–Crippen LogP) is 4.72. The molecule has 2 N–H and O–H groups in total. The second-order valence-electron chi connectivity index (χ2n) is 8.03. The van der Waals surface area contributed by atoms with E-state index in [1.54, 1.807) is 0 Å². The lowest BCUT2D eigenvalue weighted by Crippen LogP contribution is -2.23. The van der Waals surface area contributed by atoms with Crippen LogP contribution in [0.2, 0.25) is 0 Å². The number of aromatic nitrogens is 4. The summed E-state index contributed by atoms with van der Waals surface area (Å²) in [4.78, 5) is 20.4. The van der Waals surface area contributed by atoms with Gasteiger partial charge in [0.25, 0.3) is 0 Å². The standard InChI is InChI=1S/C27H25N5O/c33-26(16-15-25-29-23-13-7-8-14-24(23)30-25)28-17-22-19-32(18-20-9-3-1-4-10-20)31-27(22)21-11-5-2-6-12-21/h1-14,19H,15-18H2,(H,28,33)(H,29,30).